The zero-order valence-corrected chi connectivity index (χ0v) is 14.9. The van der Waals surface area contributed by atoms with Crippen LogP contribution in [0.2, 0.25) is 0 Å². The number of nitrogens with zero attached hydrogens (tertiary/aromatic N) is 1. The summed E-state index contributed by atoms with van der Waals surface area (Å²) < 4.78 is 0.792. The second kappa shape index (κ2) is 6.90. The number of fused-ring (bicyclic) bond motifs is 2. The predicted molar refractivity (Wildman–Crippen MR) is 91.5 cm³/mol. The molecule has 1 aromatic carbocycles. The van der Waals surface area contributed by atoms with Crippen LogP contribution in [0.25, 0.3) is 0 Å². The fraction of sp³-hybridized carbons (Fsp3) is 0.438. The molecular formula is C16H20BrN4O3+. The summed E-state index contributed by atoms with van der Waals surface area (Å²) >= 11 is 3.36. The molecule has 3 amide bonds. The Morgan fingerprint density at radius 3 is 3.00 bits per heavy atom. The average molecular weight is 396 g/mol. The van der Waals surface area contributed by atoms with Gasteiger partial charge in [-0.1, -0.05) is 15.9 Å². The van der Waals surface area contributed by atoms with Crippen LogP contribution < -0.4 is 16.0 Å². The number of amides is 3. The lowest BCUT2D eigenvalue weighted by Crippen LogP contribution is -2.82. The van der Waals surface area contributed by atoms with Crippen molar-refractivity contribution in [1.29, 1.82) is 0 Å². The lowest BCUT2D eigenvalue weighted by atomic mass is 9.96. The third-order valence-electron chi connectivity index (χ3n) is 4.39. The van der Waals surface area contributed by atoms with Crippen LogP contribution in [0.1, 0.15) is 23.2 Å². The second-order valence-corrected chi connectivity index (χ2v) is 7.01. The number of halogens is 1. The van der Waals surface area contributed by atoms with Gasteiger partial charge in [-0.2, -0.15) is 0 Å². The largest absolute Gasteiger partial charge is 0.348 e. The molecule has 0 unspecified atom stereocenters. The van der Waals surface area contributed by atoms with E-state index in [0.29, 0.717) is 37.2 Å². The van der Waals surface area contributed by atoms with E-state index < -0.39 is 6.04 Å². The van der Waals surface area contributed by atoms with Crippen LogP contribution in [0.15, 0.2) is 22.7 Å². The maximum absolute atomic E-state index is 12.8. The minimum atomic E-state index is -0.562. The van der Waals surface area contributed by atoms with Crippen molar-refractivity contribution in [2.24, 2.45) is 0 Å². The molecule has 3 rings (SSSR count). The van der Waals surface area contributed by atoms with Crippen molar-refractivity contribution in [3.8, 4) is 0 Å². The Balaban J connectivity index is 1.80. The van der Waals surface area contributed by atoms with Gasteiger partial charge in [0.25, 0.3) is 11.8 Å². The highest BCUT2D eigenvalue weighted by atomic mass is 79.9. The van der Waals surface area contributed by atoms with Gasteiger partial charge in [-0.15, -0.1) is 0 Å². The first-order valence-electron chi connectivity index (χ1n) is 7.98. The van der Waals surface area contributed by atoms with Gasteiger partial charge in [0.1, 0.15) is 6.04 Å². The summed E-state index contributed by atoms with van der Waals surface area (Å²) in [5.74, 6) is -0.407. The van der Waals surface area contributed by atoms with Crippen LogP contribution in [-0.2, 0) is 9.59 Å². The van der Waals surface area contributed by atoms with Crippen molar-refractivity contribution >= 4 is 39.3 Å². The number of carbonyl (C=O) groups is 3. The lowest BCUT2D eigenvalue weighted by molar-refractivity contribution is -0.615. The van der Waals surface area contributed by atoms with E-state index in [9.17, 15) is 14.4 Å². The second-order valence-electron chi connectivity index (χ2n) is 6.09. The van der Waals surface area contributed by atoms with Crippen LogP contribution in [0.4, 0.5) is 5.69 Å². The minimum absolute atomic E-state index is 0.0523. The van der Waals surface area contributed by atoms with E-state index >= 15 is 0 Å². The van der Waals surface area contributed by atoms with Gasteiger partial charge < -0.3 is 20.9 Å². The maximum Gasteiger partial charge on any atom is 0.275 e. The van der Waals surface area contributed by atoms with Gasteiger partial charge in [0.2, 0.25) is 5.91 Å². The Labute approximate surface area is 148 Å². The molecule has 1 saturated heterocycles. The average Bonchev–Trinajstić information content (AvgIpc) is 2.64. The summed E-state index contributed by atoms with van der Waals surface area (Å²) in [6.45, 7) is 0.805. The van der Waals surface area contributed by atoms with Crippen molar-refractivity contribution in [3.05, 3.63) is 28.2 Å². The topological polar surface area (TPSA) is 95.1 Å². The van der Waals surface area contributed by atoms with Crippen LogP contribution >= 0.6 is 15.9 Å². The zero-order chi connectivity index (χ0) is 17.3. The van der Waals surface area contributed by atoms with Crippen LogP contribution in [0.3, 0.4) is 0 Å². The van der Waals surface area contributed by atoms with E-state index in [1.807, 2.05) is 7.05 Å². The number of carbonyl (C=O) groups excluding carboxylic acids is 3. The van der Waals surface area contributed by atoms with Gasteiger partial charge in [-0.25, -0.2) is 0 Å². The first-order valence-corrected chi connectivity index (χ1v) is 8.77. The van der Waals surface area contributed by atoms with Gasteiger partial charge >= 0.3 is 0 Å². The number of hydrogen-bond donors (Lipinski definition) is 3. The van der Waals surface area contributed by atoms with Crippen molar-refractivity contribution in [3.63, 3.8) is 0 Å². The molecule has 7 nitrogen and oxygen atoms in total. The Morgan fingerprint density at radius 1 is 1.46 bits per heavy atom. The third kappa shape index (κ3) is 3.29. The van der Waals surface area contributed by atoms with E-state index in [1.54, 1.807) is 28.4 Å². The van der Waals surface area contributed by atoms with Gasteiger partial charge in [-0.3, -0.25) is 14.4 Å². The number of piperidine rings is 1. The number of quaternary nitrogens is 1. The first kappa shape index (κ1) is 16.9. The molecule has 128 valence electrons. The molecule has 2 heterocycles. The molecule has 0 radical (unpaired) electrons. The Kier molecular flexibility index (Phi) is 4.86. The quantitative estimate of drug-likeness (QED) is 0.654. The Hall–Kier alpha value is -1.93. The normalized spacial score (nSPS) is 23.0. The molecule has 1 fully saturated rings. The van der Waals surface area contributed by atoms with Crippen molar-refractivity contribution < 1.29 is 19.7 Å². The molecule has 2 aliphatic heterocycles. The number of likely N-dealkylation sites (N-methyl/N-ethyl adjacent to an activating group) is 1. The summed E-state index contributed by atoms with van der Waals surface area (Å²) in [6, 6.07) is 4.59. The van der Waals surface area contributed by atoms with E-state index in [0.717, 1.165) is 4.47 Å². The summed E-state index contributed by atoms with van der Waals surface area (Å²) in [5.41, 5.74) is 1.02. The van der Waals surface area contributed by atoms with Gasteiger partial charge in [0.05, 0.1) is 18.3 Å². The molecule has 4 N–H and O–H groups in total. The minimum Gasteiger partial charge on any atom is -0.348 e. The number of nitrogens with two attached hydrogens (primary N) is 1. The summed E-state index contributed by atoms with van der Waals surface area (Å²) in [7, 11) is 1.83. The Morgan fingerprint density at radius 2 is 2.25 bits per heavy atom. The van der Waals surface area contributed by atoms with Gasteiger partial charge in [0.15, 0.2) is 6.54 Å². The SMILES string of the molecule is C[NH2+]CC(=O)N[C@H]1CCN2C(=O)c3cc(Br)ccc3NC(=O)[C@@H]2C1. The molecule has 0 saturated carbocycles. The molecule has 2 atom stereocenters. The number of hydrogen-bond acceptors (Lipinski definition) is 3. The van der Waals surface area contributed by atoms with Crippen molar-refractivity contribution in [1.82, 2.24) is 10.2 Å². The number of rotatable bonds is 3. The lowest BCUT2D eigenvalue weighted by Gasteiger charge is -2.37. The van der Waals surface area contributed by atoms with E-state index in [1.165, 1.54) is 0 Å². The van der Waals surface area contributed by atoms with Gasteiger partial charge in [-0.05, 0) is 31.0 Å². The molecule has 0 bridgehead atoms. The summed E-state index contributed by atoms with van der Waals surface area (Å²) in [6.07, 6.45) is 1.08. The first-order chi connectivity index (χ1) is 11.5. The van der Waals surface area contributed by atoms with Crippen LogP contribution in [-0.4, -0.2) is 54.8 Å². The van der Waals surface area contributed by atoms with Crippen molar-refractivity contribution in [2.75, 3.05) is 25.5 Å². The van der Waals surface area contributed by atoms with E-state index in [2.05, 4.69) is 26.6 Å². The molecule has 8 heteroatoms. The molecule has 2 aliphatic rings. The monoisotopic (exact) mass is 395 g/mol. The predicted octanol–water partition coefficient (Wildman–Crippen LogP) is -0.316. The highest BCUT2D eigenvalue weighted by molar-refractivity contribution is 9.10. The number of anilines is 1. The summed E-state index contributed by atoms with van der Waals surface area (Å²) in [4.78, 5) is 38.8. The molecule has 0 spiro atoms. The zero-order valence-electron chi connectivity index (χ0n) is 13.3. The van der Waals surface area contributed by atoms with Gasteiger partial charge in [0, 0.05) is 17.1 Å². The standard InChI is InChI=1S/C16H19BrN4O3/c1-18-8-14(22)19-10-4-5-21-13(7-10)15(23)20-12-3-2-9(17)6-11(12)16(21)24/h2-3,6,10,13,18H,4-5,7-8H2,1H3,(H,19,22)(H,20,23)/p+1/t10-,13-/m0/s1. The van der Waals surface area contributed by atoms with Crippen molar-refractivity contribution in [2.45, 2.75) is 24.9 Å². The van der Waals surface area contributed by atoms with Crippen LogP contribution in [0, 0.1) is 0 Å². The smallest absolute Gasteiger partial charge is 0.275 e. The number of nitrogens with one attached hydrogen (secondary N) is 2. The maximum atomic E-state index is 12.8. The van der Waals surface area contributed by atoms with E-state index in [-0.39, 0.29) is 23.8 Å². The highest BCUT2D eigenvalue weighted by Crippen LogP contribution is 2.30. The summed E-state index contributed by atoms with van der Waals surface area (Å²) in [5, 5.41) is 7.57. The van der Waals surface area contributed by atoms with Crippen LogP contribution in [0.5, 0.6) is 0 Å². The molecular weight excluding hydrogens is 376 g/mol. The third-order valence-corrected chi connectivity index (χ3v) is 4.88. The Bertz CT molecular complexity index is 694. The number of benzene rings is 1. The molecule has 0 aliphatic carbocycles. The highest BCUT2D eigenvalue weighted by Gasteiger charge is 2.40. The molecule has 1 aromatic rings. The molecule has 0 aromatic heterocycles. The fourth-order valence-corrected chi connectivity index (χ4v) is 3.59. The fourth-order valence-electron chi connectivity index (χ4n) is 3.23. The molecule has 24 heavy (non-hydrogen) atoms. The van der Waals surface area contributed by atoms with E-state index in [4.69, 9.17) is 0 Å².